The molecule has 0 radical (unpaired) electrons. The van der Waals surface area contributed by atoms with Crippen LogP contribution in [-0.2, 0) is 0 Å². The third-order valence-electron chi connectivity index (χ3n) is 4.31. The van der Waals surface area contributed by atoms with E-state index in [1.807, 2.05) is 25.1 Å². The highest BCUT2D eigenvalue weighted by molar-refractivity contribution is 6.04. The number of rotatable bonds is 5. The highest BCUT2D eigenvalue weighted by atomic mass is 16.5. The van der Waals surface area contributed by atoms with Crippen molar-refractivity contribution in [3.63, 3.8) is 0 Å². The summed E-state index contributed by atoms with van der Waals surface area (Å²) >= 11 is 0. The number of phenolic OH excluding ortho intramolecular Hbond substituents is 1. The van der Waals surface area contributed by atoms with Crippen molar-refractivity contribution in [2.24, 2.45) is 5.10 Å². The van der Waals surface area contributed by atoms with Gasteiger partial charge in [0.05, 0.1) is 19.9 Å². The third-order valence-corrected chi connectivity index (χ3v) is 4.31. The summed E-state index contributed by atoms with van der Waals surface area (Å²) in [6.07, 6.45) is 2.88. The molecule has 0 aliphatic carbocycles. The molecule has 2 aromatic carbocycles. The van der Waals surface area contributed by atoms with Crippen LogP contribution in [0.15, 0.2) is 52.6 Å². The zero-order valence-corrected chi connectivity index (χ0v) is 15.3. The van der Waals surface area contributed by atoms with Crippen LogP contribution in [0, 0.1) is 0 Å². The second kappa shape index (κ2) is 7.07. The van der Waals surface area contributed by atoms with Crippen molar-refractivity contribution in [1.29, 1.82) is 0 Å². The Kier molecular flexibility index (Phi) is 4.44. The fraction of sp³-hybridized carbons (Fsp3) is 0.150. The molecular weight excluding hydrogens is 360 g/mol. The third kappa shape index (κ3) is 3.05. The minimum atomic E-state index is -0.319. The first-order chi connectivity index (χ1) is 13.6. The fourth-order valence-corrected chi connectivity index (χ4v) is 2.95. The van der Waals surface area contributed by atoms with Gasteiger partial charge in [0.1, 0.15) is 23.1 Å². The number of aromatic amines is 1. The summed E-state index contributed by atoms with van der Waals surface area (Å²) in [6, 6.07) is 10.3. The van der Waals surface area contributed by atoms with Gasteiger partial charge in [0.15, 0.2) is 11.5 Å². The number of benzene rings is 2. The molecule has 0 amide bonds. The van der Waals surface area contributed by atoms with Crippen molar-refractivity contribution in [3.05, 3.63) is 58.6 Å². The molecule has 0 saturated heterocycles. The molecular formula is C20H18N4O4. The molecule has 0 unspecified atom stereocenters. The molecule has 0 aliphatic rings. The second-order valence-corrected chi connectivity index (χ2v) is 6.06. The topological polar surface area (TPSA) is 102 Å². The Labute approximate surface area is 159 Å². The van der Waals surface area contributed by atoms with Crippen LogP contribution in [0.25, 0.3) is 21.9 Å². The Bertz CT molecular complexity index is 1260. The van der Waals surface area contributed by atoms with Crippen molar-refractivity contribution in [3.8, 4) is 17.2 Å². The Hall–Kier alpha value is -3.81. The van der Waals surface area contributed by atoms with Crippen molar-refractivity contribution in [1.82, 2.24) is 14.6 Å². The molecule has 2 aromatic heterocycles. The number of nitrogens with one attached hydrogen (secondary N) is 1. The molecule has 8 heteroatoms. The van der Waals surface area contributed by atoms with Gasteiger partial charge in [-0.3, -0.25) is 4.79 Å². The van der Waals surface area contributed by atoms with Crippen LogP contribution in [0.1, 0.15) is 12.5 Å². The Morgan fingerprint density at radius 3 is 2.93 bits per heavy atom. The molecule has 0 spiro atoms. The number of aromatic nitrogens is 3. The summed E-state index contributed by atoms with van der Waals surface area (Å²) in [5, 5.41) is 14.8. The van der Waals surface area contributed by atoms with E-state index in [0.717, 1.165) is 15.6 Å². The van der Waals surface area contributed by atoms with Gasteiger partial charge in [-0.1, -0.05) is 0 Å². The lowest BCUT2D eigenvalue weighted by Crippen LogP contribution is -2.17. The van der Waals surface area contributed by atoms with Gasteiger partial charge < -0.3 is 19.6 Å². The second-order valence-electron chi connectivity index (χ2n) is 6.06. The minimum absolute atomic E-state index is 0.0488. The van der Waals surface area contributed by atoms with E-state index in [9.17, 15) is 9.90 Å². The molecule has 0 atom stereocenters. The predicted octanol–water partition coefficient (Wildman–Crippen LogP) is 2.87. The van der Waals surface area contributed by atoms with Crippen molar-refractivity contribution < 1.29 is 14.6 Å². The van der Waals surface area contributed by atoms with E-state index in [1.165, 1.54) is 18.6 Å². The van der Waals surface area contributed by atoms with Gasteiger partial charge in [0.25, 0.3) is 5.56 Å². The van der Waals surface area contributed by atoms with Gasteiger partial charge in [0, 0.05) is 10.9 Å². The zero-order valence-electron chi connectivity index (χ0n) is 15.3. The number of H-pyrrole nitrogens is 1. The van der Waals surface area contributed by atoms with Gasteiger partial charge in [-0.05, 0) is 48.9 Å². The molecule has 2 N–H and O–H groups in total. The van der Waals surface area contributed by atoms with Gasteiger partial charge in [-0.25, -0.2) is 4.98 Å². The maximum Gasteiger partial charge on any atom is 0.298 e. The summed E-state index contributed by atoms with van der Waals surface area (Å²) in [5.74, 6) is 1.10. The van der Waals surface area contributed by atoms with E-state index in [0.29, 0.717) is 34.7 Å². The zero-order chi connectivity index (χ0) is 19.7. The molecule has 8 nitrogen and oxygen atoms in total. The number of fused-ring (bicyclic) bond motifs is 3. The van der Waals surface area contributed by atoms with Crippen LogP contribution < -0.4 is 15.0 Å². The maximum absolute atomic E-state index is 12.8. The Balaban J connectivity index is 1.74. The maximum atomic E-state index is 12.8. The van der Waals surface area contributed by atoms with Crippen molar-refractivity contribution in [2.45, 2.75) is 6.92 Å². The molecule has 0 fully saturated rings. The number of ether oxygens (including phenoxy) is 2. The summed E-state index contributed by atoms with van der Waals surface area (Å²) in [6.45, 7) is 2.26. The lowest BCUT2D eigenvalue weighted by Gasteiger charge is -2.06. The molecule has 28 heavy (non-hydrogen) atoms. The summed E-state index contributed by atoms with van der Waals surface area (Å²) in [5.41, 5.74) is 2.08. The fourth-order valence-electron chi connectivity index (χ4n) is 2.95. The van der Waals surface area contributed by atoms with E-state index in [2.05, 4.69) is 15.1 Å². The molecule has 0 saturated carbocycles. The van der Waals surface area contributed by atoms with Gasteiger partial charge in [-0.2, -0.15) is 9.78 Å². The van der Waals surface area contributed by atoms with E-state index >= 15 is 0 Å². The lowest BCUT2D eigenvalue weighted by molar-refractivity contribution is 0.318. The number of aromatic hydroxyl groups is 1. The van der Waals surface area contributed by atoms with Crippen molar-refractivity contribution >= 4 is 28.2 Å². The molecule has 4 aromatic rings. The highest BCUT2D eigenvalue weighted by Crippen LogP contribution is 2.27. The Morgan fingerprint density at radius 2 is 2.14 bits per heavy atom. The number of nitrogens with zero attached hydrogens (tertiary/aromatic N) is 3. The summed E-state index contributed by atoms with van der Waals surface area (Å²) in [4.78, 5) is 20.2. The van der Waals surface area contributed by atoms with E-state index < -0.39 is 0 Å². The normalized spacial score (nSPS) is 11.5. The average molecular weight is 378 g/mol. The van der Waals surface area contributed by atoms with Crippen molar-refractivity contribution in [2.75, 3.05) is 13.7 Å². The summed E-state index contributed by atoms with van der Waals surface area (Å²) in [7, 11) is 1.59. The van der Waals surface area contributed by atoms with E-state index in [-0.39, 0.29) is 11.3 Å². The largest absolute Gasteiger partial charge is 0.504 e. The molecule has 0 bridgehead atoms. The van der Waals surface area contributed by atoms with E-state index in [1.54, 1.807) is 19.2 Å². The van der Waals surface area contributed by atoms with Gasteiger partial charge >= 0.3 is 0 Å². The minimum Gasteiger partial charge on any atom is -0.504 e. The number of phenols is 1. The number of hydrogen-bond donors (Lipinski definition) is 2. The molecule has 142 valence electrons. The SMILES string of the molecule is CCOc1cc(/C=N\n2cnc3c([nH]c4ccc(OC)cc43)c2=O)ccc1O. The van der Waals surface area contributed by atoms with Crippen LogP contribution in [-0.4, -0.2) is 39.7 Å². The molecule has 4 rings (SSSR count). The van der Waals surface area contributed by atoms with Crippen LogP contribution in [0.5, 0.6) is 17.2 Å². The number of hydrogen-bond acceptors (Lipinski definition) is 6. The van der Waals surface area contributed by atoms with Crippen LogP contribution in [0.3, 0.4) is 0 Å². The van der Waals surface area contributed by atoms with Crippen LogP contribution >= 0.6 is 0 Å². The van der Waals surface area contributed by atoms with Crippen LogP contribution in [0.2, 0.25) is 0 Å². The Morgan fingerprint density at radius 1 is 1.29 bits per heavy atom. The summed E-state index contributed by atoms with van der Waals surface area (Å²) < 4.78 is 11.8. The van der Waals surface area contributed by atoms with Gasteiger partial charge in [0.2, 0.25) is 0 Å². The van der Waals surface area contributed by atoms with Crippen LogP contribution in [0.4, 0.5) is 0 Å². The van der Waals surface area contributed by atoms with Gasteiger partial charge in [-0.15, -0.1) is 0 Å². The average Bonchev–Trinajstić information content (AvgIpc) is 3.08. The smallest absolute Gasteiger partial charge is 0.298 e. The highest BCUT2D eigenvalue weighted by Gasteiger charge is 2.11. The molecule has 2 heterocycles. The first-order valence-corrected chi connectivity index (χ1v) is 8.68. The standard InChI is InChI=1S/C20H18N4O4/c1-3-28-17-8-12(4-7-16(17)25)10-22-24-11-21-18-14-9-13(27-2)5-6-15(14)23-19(18)20(24)26/h4-11,23,25H,3H2,1-2H3/b22-10-. The predicted molar refractivity (Wildman–Crippen MR) is 107 cm³/mol. The monoisotopic (exact) mass is 378 g/mol. The first-order valence-electron chi connectivity index (χ1n) is 8.68. The quantitative estimate of drug-likeness (QED) is 0.520. The first kappa shape index (κ1) is 17.6. The lowest BCUT2D eigenvalue weighted by atomic mass is 10.2. The van der Waals surface area contributed by atoms with E-state index in [4.69, 9.17) is 9.47 Å². The molecule has 0 aliphatic heterocycles. The number of methoxy groups -OCH3 is 1.